The van der Waals surface area contributed by atoms with Crippen molar-refractivity contribution in [1.29, 1.82) is 0 Å². The smallest absolute Gasteiger partial charge is 0.149 e. The average Bonchev–Trinajstić information content (AvgIpc) is 2.92. The average molecular weight is 257 g/mol. The number of nitrogens with two attached hydrogens (primary N) is 1. The summed E-state index contributed by atoms with van der Waals surface area (Å²) < 4.78 is 14.0. The molecular weight excluding hydrogens is 247 g/mol. The summed E-state index contributed by atoms with van der Waals surface area (Å²) in [5, 5.41) is 0. The van der Waals surface area contributed by atoms with Crippen molar-refractivity contribution in [3.8, 4) is 0 Å². The van der Waals surface area contributed by atoms with Crippen molar-refractivity contribution in [2.75, 3.05) is 0 Å². The number of halogens is 2. The normalized spacial score (nSPS) is 17.1. The van der Waals surface area contributed by atoms with Gasteiger partial charge in [0.05, 0.1) is 0 Å². The third kappa shape index (κ3) is 2.12. The maximum Gasteiger partial charge on any atom is 0.149 e. The Morgan fingerprint density at radius 2 is 2.21 bits per heavy atom. The summed E-state index contributed by atoms with van der Waals surface area (Å²) in [6, 6.07) is 4.76. The Kier molecular flexibility index (Phi) is 2.54. The van der Waals surface area contributed by atoms with Crippen molar-refractivity contribution in [3.05, 3.63) is 28.5 Å². The molecule has 0 aromatic heterocycles. The molecule has 2 N–H and O–H groups in total. The molecule has 0 radical (unpaired) electrons. The van der Waals surface area contributed by atoms with Gasteiger partial charge in [0.2, 0.25) is 0 Å². The molecule has 1 aliphatic rings. The summed E-state index contributed by atoms with van der Waals surface area (Å²) in [6.07, 6.45) is 2.15. The highest BCUT2D eigenvalue weighted by Gasteiger charge is 2.25. The number of benzene rings is 1. The van der Waals surface area contributed by atoms with Crippen LogP contribution in [-0.4, -0.2) is 5.84 Å². The molecule has 0 spiro atoms. The lowest BCUT2D eigenvalue weighted by molar-refractivity contribution is 0.629. The van der Waals surface area contributed by atoms with Gasteiger partial charge in [0.25, 0.3) is 0 Å². The lowest BCUT2D eigenvalue weighted by Crippen LogP contribution is -2.13. The third-order valence-corrected chi connectivity index (χ3v) is 2.65. The van der Waals surface area contributed by atoms with Gasteiger partial charge in [-0.05, 0) is 31.0 Å². The molecule has 0 aliphatic heterocycles. The van der Waals surface area contributed by atoms with Crippen LogP contribution in [0.2, 0.25) is 0 Å². The van der Waals surface area contributed by atoms with Gasteiger partial charge in [0, 0.05) is 10.4 Å². The second-order valence-electron chi connectivity index (χ2n) is 3.41. The van der Waals surface area contributed by atoms with E-state index in [-0.39, 0.29) is 5.82 Å². The summed E-state index contributed by atoms with van der Waals surface area (Å²) in [5.41, 5.74) is 6.01. The van der Waals surface area contributed by atoms with E-state index in [1.807, 2.05) is 0 Å². The summed E-state index contributed by atoms with van der Waals surface area (Å²) in [4.78, 5) is 4.06. The number of rotatable bonds is 2. The van der Waals surface area contributed by atoms with E-state index in [4.69, 9.17) is 5.73 Å². The minimum atomic E-state index is -0.344. The fourth-order valence-electron chi connectivity index (χ4n) is 1.18. The van der Waals surface area contributed by atoms with Gasteiger partial charge in [-0.25, -0.2) is 9.38 Å². The van der Waals surface area contributed by atoms with E-state index in [1.54, 1.807) is 12.1 Å². The monoisotopic (exact) mass is 256 g/mol. The van der Waals surface area contributed by atoms with Gasteiger partial charge in [-0.15, -0.1) is 0 Å². The van der Waals surface area contributed by atoms with Crippen LogP contribution in [0.25, 0.3) is 0 Å². The summed E-state index contributed by atoms with van der Waals surface area (Å²) in [7, 11) is 0. The highest BCUT2D eigenvalue weighted by Crippen LogP contribution is 2.31. The van der Waals surface area contributed by atoms with Crippen molar-refractivity contribution < 1.29 is 4.39 Å². The van der Waals surface area contributed by atoms with E-state index in [2.05, 4.69) is 20.9 Å². The minimum Gasteiger partial charge on any atom is -0.387 e. The highest BCUT2D eigenvalue weighted by atomic mass is 79.9. The van der Waals surface area contributed by atoms with E-state index in [0.717, 1.165) is 12.8 Å². The quantitative estimate of drug-likeness (QED) is 0.642. The predicted molar refractivity (Wildman–Crippen MR) is 58.1 cm³/mol. The largest absolute Gasteiger partial charge is 0.387 e. The van der Waals surface area contributed by atoms with Crippen molar-refractivity contribution in [2.24, 2.45) is 16.6 Å². The second-order valence-corrected chi connectivity index (χ2v) is 4.32. The minimum absolute atomic E-state index is 0.317. The Morgan fingerprint density at radius 1 is 1.50 bits per heavy atom. The Morgan fingerprint density at radius 3 is 2.79 bits per heavy atom. The molecule has 74 valence electrons. The predicted octanol–water partition coefficient (Wildman–Crippen LogP) is 2.99. The zero-order valence-electron chi connectivity index (χ0n) is 7.50. The molecule has 14 heavy (non-hydrogen) atoms. The number of aliphatic imine (C=N–C) groups is 1. The van der Waals surface area contributed by atoms with Gasteiger partial charge in [-0.2, -0.15) is 0 Å². The van der Waals surface area contributed by atoms with Crippen molar-refractivity contribution in [1.82, 2.24) is 0 Å². The fraction of sp³-hybridized carbons (Fsp3) is 0.300. The van der Waals surface area contributed by atoms with Gasteiger partial charge in [0.15, 0.2) is 0 Å². The van der Waals surface area contributed by atoms with E-state index in [9.17, 15) is 4.39 Å². The van der Waals surface area contributed by atoms with E-state index >= 15 is 0 Å². The molecule has 1 saturated carbocycles. The van der Waals surface area contributed by atoms with Crippen molar-refractivity contribution in [2.45, 2.75) is 12.8 Å². The van der Waals surface area contributed by atoms with Crippen LogP contribution in [0.5, 0.6) is 0 Å². The highest BCUT2D eigenvalue weighted by molar-refractivity contribution is 9.10. The molecule has 1 aliphatic carbocycles. The van der Waals surface area contributed by atoms with Gasteiger partial charge in [-0.1, -0.05) is 15.9 Å². The van der Waals surface area contributed by atoms with Gasteiger partial charge < -0.3 is 5.73 Å². The molecule has 4 heteroatoms. The van der Waals surface area contributed by atoms with Crippen molar-refractivity contribution in [3.63, 3.8) is 0 Å². The van der Waals surface area contributed by atoms with Gasteiger partial charge in [-0.3, -0.25) is 0 Å². The molecule has 1 fully saturated rings. The zero-order valence-corrected chi connectivity index (χ0v) is 9.09. The summed E-state index contributed by atoms with van der Waals surface area (Å²) in [5.74, 6) is 0.576. The molecule has 1 aromatic rings. The molecule has 0 atom stereocenters. The van der Waals surface area contributed by atoms with Gasteiger partial charge in [0.1, 0.15) is 17.3 Å². The molecular formula is C10H10BrFN2. The second kappa shape index (κ2) is 3.69. The van der Waals surface area contributed by atoms with E-state index in [0.29, 0.717) is 21.9 Å². The van der Waals surface area contributed by atoms with Crippen LogP contribution in [0.15, 0.2) is 27.7 Å². The van der Waals surface area contributed by atoms with E-state index < -0.39 is 0 Å². The van der Waals surface area contributed by atoms with Crippen LogP contribution in [0, 0.1) is 11.7 Å². The van der Waals surface area contributed by atoms with Crippen LogP contribution in [0.4, 0.5) is 10.1 Å². The topological polar surface area (TPSA) is 38.4 Å². The summed E-state index contributed by atoms with van der Waals surface area (Å²) in [6.45, 7) is 0. The Balaban J connectivity index is 2.27. The molecule has 0 bridgehead atoms. The molecule has 0 heterocycles. The Bertz CT molecular complexity index is 386. The SMILES string of the molecule is NC(=Nc1ccc(Br)cc1F)C1CC1. The number of hydrogen-bond acceptors (Lipinski definition) is 1. The molecule has 0 unspecified atom stereocenters. The van der Waals surface area contributed by atoms with Crippen LogP contribution in [-0.2, 0) is 0 Å². The van der Waals surface area contributed by atoms with Crippen LogP contribution in [0.1, 0.15) is 12.8 Å². The molecule has 0 amide bonds. The first kappa shape index (κ1) is 9.65. The number of amidine groups is 1. The molecule has 2 rings (SSSR count). The standard InChI is InChI=1S/C10H10BrFN2/c11-7-3-4-9(8(12)5-7)14-10(13)6-1-2-6/h3-6H,1-2H2,(H2,13,14). The fourth-order valence-corrected chi connectivity index (χ4v) is 1.51. The molecule has 0 saturated heterocycles. The number of hydrogen-bond donors (Lipinski definition) is 1. The van der Waals surface area contributed by atoms with Crippen LogP contribution in [0.3, 0.4) is 0 Å². The summed E-state index contributed by atoms with van der Waals surface area (Å²) >= 11 is 3.18. The number of nitrogens with zero attached hydrogens (tertiary/aromatic N) is 1. The lowest BCUT2D eigenvalue weighted by Gasteiger charge is -2.00. The van der Waals surface area contributed by atoms with Gasteiger partial charge >= 0.3 is 0 Å². The third-order valence-electron chi connectivity index (χ3n) is 2.15. The first-order valence-electron chi connectivity index (χ1n) is 4.46. The molecule has 1 aromatic carbocycles. The maximum absolute atomic E-state index is 13.3. The Labute approximate surface area is 90.2 Å². The Hall–Kier alpha value is -0.900. The lowest BCUT2D eigenvalue weighted by atomic mass is 10.3. The van der Waals surface area contributed by atoms with Crippen LogP contribution >= 0.6 is 15.9 Å². The maximum atomic E-state index is 13.3. The van der Waals surface area contributed by atoms with E-state index in [1.165, 1.54) is 6.07 Å². The van der Waals surface area contributed by atoms with Crippen LogP contribution < -0.4 is 5.73 Å². The first-order chi connectivity index (χ1) is 6.66. The zero-order chi connectivity index (χ0) is 10.1. The first-order valence-corrected chi connectivity index (χ1v) is 5.25. The molecule has 2 nitrogen and oxygen atoms in total. The van der Waals surface area contributed by atoms with Crippen molar-refractivity contribution >= 4 is 27.5 Å².